The maximum Gasteiger partial charge on any atom is 0.228 e. The number of anilines is 1. The molecule has 4 bridgehead atoms. The number of carbonyl (C=O) groups excluding carboxylic acids is 1. The second-order valence-electron chi connectivity index (χ2n) is 9.06. The minimum Gasteiger partial charge on any atom is -0.492 e. The van der Waals surface area contributed by atoms with E-state index in [9.17, 15) is 9.90 Å². The molecule has 2 atom stereocenters. The number of likely N-dealkylation sites (tertiary alicyclic amines) is 1. The highest BCUT2D eigenvalue weighted by Crippen LogP contribution is 2.61. The van der Waals surface area contributed by atoms with E-state index >= 15 is 0 Å². The van der Waals surface area contributed by atoms with Gasteiger partial charge in [0.25, 0.3) is 0 Å². The van der Waals surface area contributed by atoms with Gasteiger partial charge in [0.2, 0.25) is 11.8 Å². The predicted molar refractivity (Wildman–Crippen MR) is 102 cm³/mol. The summed E-state index contributed by atoms with van der Waals surface area (Å²) >= 11 is 1.48. The Morgan fingerprint density at radius 2 is 1.85 bits per heavy atom. The first-order valence-electron chi connectivity index (χ1n) is 10.4. The highest BCUT2D eigenvalue weighted by atomic mass is 32.1. The highest BCUT2D eigenvalue weighted by Gasteiger charge is 2.58. The van der Waals surface area contributed by atoms with Gasteiger partial charge in [0.05, 0.1) is 11.3 Å². The normalized spacial score (nSPS) is 35.7. The third-order valence-corrected chi connectivity index (χ3v) is 8.25. The Bertz CT molecular complexity index is 681. The number of amides is 1. The molecule has 5 aliphatic rings. The minimum atomic E-state index is 0.0507. The van der Waals surface area contributed by atoms with Gasteiger partial charge in [-0.25, -0.2) is 0 Å². The van der Waals surface area contributed by atoms with Crippen molar-refractivity contribution in [1.29, 1.82) is 0 Å². The van der Waals surface area contributed by atoms with Gasteiger partial charge in [-0.15, -0.1) is 0 Å². The number of thiazole rings is 1. The van der Waals surface area contributed by atoms with Crippen molar-refractivity contribution in [3.8, 4) is 5.88 Å². The van der Waals surface area contributed by atoms with Gasteiger partial charge in [0, 0.05) is 18.6 Å². The molecular formula is C20H29N3O2S. The van der Waals surface area contributed by atoms with E-state index in [1.807, 2.05) is 4.90 Å². The summed E-state index contributed by atoms with van der Waals surface area (Å²) in [6.45, 7) is 1.72. The molecule has 2 heterocycles. The first-order valence-corrected chi connectivity index (χ1v) is 11.2. The van der Waals surface area contributed by atoms with Crippen LogP contribution in [0.15, 0.2) is 0 Å². The summed E-state index contributed by atoms with van der Waals surface area (Å²) in [5, 5.41) is 14.8. The van der Waals surface area contributed by atoms with Gasteiger partial charge in [0.15, 0.2) is 5.13 Å². The summed E-state index contributed by atoms with van der Waals surface area (Å²) in [5.41, 5.74) is 0.212. The lowest BCUT2D eigenvalue weighted by Gasteiger charge is -2.33. The van der Waals surface area contributed by atoms with Gasteiger partial charge in [-0.2, -0.15) is 4.98 Å². The van der Waals surface area contributed by atoms with E-state index in [4.69, 9.17) is 0 Å². The van der Waals surface area contributed by atoms with Crippen LogP contribution in [-0.2, 0) is 11.2 Å². The van der Waals surface area contributed by atoms with Crippen LogP contribution in [0.1, 0.15) is 62.7 Å². The molecule has 1 amide bonds. The maximum absolute atomic E-state index is 12.6. The SMILES string of the molecule is O=C(Cc1sc(NC23CC4CC(CC2C4)C3)nc1O)N1CCCCCC1. The molecule has 6 heteroatoms. The third-order valence-electron chi connectivity index (χ3n) is 7.29. The van der Waals surface area contributed by atoms with Crippen molar-refractivity contribution in [2.45, 2.75) is 69.7 Å². The quantitative estimate of drug-likeness (QED) is 0.840. The van der Waals surface area contributed by atoms with Crippen molar-refractivity contribution >= 4 is 22.4 Å². The largest absolute Gasteiger partial charge is 0.492 e. The average Bonchev–Trinajstić information content (AvgIpc) is 3.02. The van der Waals surface area contributed by atoms with Crippen LogP contribution in [-0.4, -0.2) is 39.5 Å². The molecule has 0 radical (unpaired) electrons. The van der Waals surface area contributed by atoms with Gasteiger partial charge in [-0.1, -0.05) is 24.2 Å². The van der Waals surface area contributed by atoms with Crippen LogP contribution >= 0.6 is 11.3 Å². The number of nitrogens with one attached hydrogen (secondary N) is 1. The lowest BCUT2D eigenvalue weighted by Crippen LogP contribution is -2.39. The van der Waals surface area contributed by atoms with E-state index in [1.54, 1.807) is 0 Å². The fraction of sp³-hybridized carbons (Fsp3) is 0.800. The molecule has 1 aromatic rings. The van der Waals surface area contributed by atoms with Crippen molar-refractivity contribution in [2.24, 2.45) is 17.8 Å². The van der Waals surface area contributed by atoms with Gasteiger partial charge < -0.3 is 15.3 Å². The first-order chi connectivity index (χ1) is 12.6. The Morgan fingerprint density at radius 1 is 1.15 bits per heavy atom. The lowest BCUT2D eigenvalue weighted by molar-refractivity contribution is -0.130. The molecule has 0 aromatic carbocycles. The molecule has 5 fully saturated rings. The monoisotopic (exact) mass is 375 g/mol. The van der Waals surface area contributed by atoms with Crippen LogP contribution in [0.25, 0.3) is 0 Å². The fourth-order valence-corrected chi connectivity index (χ4v) is 7.25. The van der Waals surface area contributed by atoms with Crippen molar-refractivity contribution in [1.82, 2.24) is 9.88 Å². The summed E-state index contributed by atoms with van der Waals surface area (Å²) < 4.78 is 0. The number of hydrogen-bond donors (Lipinski definition) is 2. The third kappa shape index (κ3) is 2.90. The molecule has 0 spiro atoms. The van der Waals surface area contributed by atoms with Gasteiger partial charge in [-0.3, -0.25) is 4.79 Å². The van der Waals surface area contributed by atoms with E-state index in [0.717, 1.165) is 53.7 Å². The molecule has 1 saturated heterocycles. The number of aromatic nitrogens is 1. The second-order valence-corrected chi connectivity index (χ2v) is 10.1. The Kier molecular flexibility index (Phi) is 4.14. The van der Waals surface area contributed by atoms with E-state index in [1.165, 1.54) is 56.3 Å². The maximum atomic E-state index is 12.6. The van der Waals surface area contributed by atoms with Crippen LogP contribution in [0.5, 0.6) is 5.88 Å². The van der Waals surface area contributed by atoms with Crippen LogP contribution in [0, 0.1) is 17.8 Å². The summed E-state index contributed by atoms with van der Waals surface area (Å²) in [5.74, 6) is 2.74. The Labute approximate surface area is 159 Å². The Hall–Kier alpha value is -1.30. The van der Waals surface area contributed by atoms with E-state index in [2.05, 4.69) is 10.3 Å². The van der Waals surface area contributed by atoms with Crippen molar-refractivity contribution in [2.75, 3.05) is 18.4 Å². The molecule has 4 aliphatic carbocycles. The number of hydrogen-bond acceptors (Lipinski definition) is 5. The standard InChI is InChI=1S/C20H29N3O2S/c24-17(23-5-3-1-2-4-6-23)10-16-18(25)21-19(26-16)22-20-11-13-7-14(12-20)9-15(20)8-13/h13-15,25H,1-12H2,(H,21,22). The van der Waals surface area contributed by atoms with Crippen LogP contribution < -0.4 is 5.32 Å². The topological polar surface area (TPSA) is 65.5 Å². The summed E-state index contributed by atoms with van der Waals surface area (Å²) in [7, 11) is 0. The molecular weight excluding hydrogens is 346 g/mol. The zero-order valence-corrected chi connectivity index (χ0v) is 16.2. The summed E-state index contributed by atoms with van der Waals surface area (Å²) in [6.07, 6.45) is 11.6. The molecule has 6 rings (SSSR count). The van der Waals surface area contributed by atoms with E-state index in [-0.39, 0.29) is 23.7 Å². The molecule has 2 N–H and O–H groups in total. The fourth-order valence-electron chi connectivity index (χ4n) is 6.29. The zero-order valence-electron chi connectivity index (χ0n) is 15.4. The van der Waals surface area contributed by atoms with Crippen LogP contribution in [0.3, 0.4) is 0 Å². The first kappa shape index (κ1) is 16.8. The second kappa shape index (κ2) is 6.39. The number of carbonyl (C=O) groups is 1. The lowest BCUT2D eigenvalue weighted by atomic mass is 9.80. The number of rotatable bonds is 4. The molecule has 2 unspecified atom stereocenters. The Balaban J connectivity index is 1.27. The summed E-state index contributed by atoms with van der Waals surface area (Å²) in [6, 6.07) is 0. The van der Waals surface area contributed by atoms with Crippen molar-refractivity contribution in [3.63, 3.8) is 0 Å². The molecule has 142 valence electrons. The van der Waals surface area contributed by atoms with E-state index in [0.29, 0.717) is 0 Å². The molecule has 26 heavy (non-hydrogen) atoms. The van der Waals surface area contributed by atoms with Gasteiger partial charge >= 0.3 is 0 Å². The van der Waals surface area contributed by atoms with E-state index < -0.39 is 0 Å². The molecule has 5 nitrogen and oxygen atoms in total. The van der Waals surface area contributed by atoms with Crippen molar-refractivity contribution < 1.29 is 9.90 Å². The Morgan fingerprint density at radius 3 is 2.54 bits per heavy atom. The highest BCUT2D eigenvalue weighted by molar-refractivity contribution is 7.16. The molecule has 4 saturated carbocycles. The smallest absolute Gasteiger partial charge is 0.228 e. The molecule has 1 aromatic heterocycles. The van der Waals surface area contributed by atoms with Crippen molar-refractivity contribution in [3.05, 3.63) is 4.88 Å². The van der Waals surface area contributed by atoms with Crippen LogP contribution in [0.4, 0.5) is 5.13 Å². The molecule has 1 aliphatic heterocycles. The van der Waals surface area contributed by atoms with Gasteiger partial charge in [0.1, 0.15) is 0 Å². The predicted octanol–water partition coefficient (Wildman–Crippen LogP) is 3.78. The van der Waals surface area contributed by atoms with Gasteiger partial charge in [-0.05, 0) is 62.7 Å². The van der Waals surface area contributed by atoms with Crippen LogP contribution in [0.2, 0.25) is 0 Å². The summed E-state index contributed by atoms with van der Waals surface area (Å²) in [4.78, 5) is 19.7. The minimum absolute atomic E-state index is 0.0507. The zero-order chi connectivity index (χ0) is 17.7. The number of aromatic hydroxyl groups is 1. The number of nitrogens with zero attached hydrogens (tertiary/aromatic N) is 2. The average molecular weight is 376 g/mol.